The average Bonchev–Trinajstić information content (AvgIpc) is 2.10. The largest absolute Gasteiger partial charge is 0.296 e. The predicted molar refractivity (Wildman–Crippen MR) is 39.7 cm³/mol. The normalized spacial score (nSPS) is 26.8. The van der Waals surface area contributed by atoms with Crippen LogP contribution in [-0.4, -0.2) is 23.3 Å². The summed E-state index contributed by atoms with van der Waals surface area (Å²) >= 11 is 5.69. The molecular formula is C6H11ClN2. The first-order valence-corrected chi connectivity index (χ1v) is 3.57. The smallest absolute Gasteiger partial charge is 0.128 e. The van der Waals surface area contributed by atoms with E-state index in [4.69, 9.17) is 11.6 Å². The van der Waals surface area contributed by atoms with Gasteiger partial charge in [-0.1, -0.05) is 18.5 Å². The van der Waals surface area contributed by atoms with E-state index in [0.717, 1.165) is 18.0 Å². The third kappa shape index (κ3) is 1.36. The van der Waals surface area contributed by atoms with Crippen molar-refractivity contribution in [1.82, 2.24) is 5.01 Å². The average molecular weight is 147 g/mol. The summed E-state index contributed by atoms with van der Waals surface area (Å²) < 4.78 is 0. The van der Waals surface area contributed by atoms with Crippen LogP contribution < -0.4 is 0 Å². The van der Waals surface area contributed by atoms with Crippen LogP contribution in [0.3, 0.4) is 0 Å². The monoisotopic (exact) mass is 146 g/mol. The molecule has 0 spiro atoms. The Morgan fingerprint density at radius 2 is 2.56 bits per heavy atom. The van der Waals surface area contributed by atoms with E-state index in [9.17, 15) is 0 Å². The summed E-state index contributed by atoms with van der Waals surface area (Å²) in [7, 11) is 1.96. The van der Waals surface area contributed by atoms with Crippen LogP contribution in [0.2, 0.25) is 0 Å². The molecule has 2 nitrogen and oxygen atoms in total. The second-order valence-electron chi connectivity index (χ2n) is 2.32. The molecule has 1 unspecified atom stereocenters. The van der Waals surface area contributed by atoms with Gasteiger partial charge in [0.1, 0.15) is 5.17 Å². The minimum Gasteiger partial charge on any atom is -0.296 e. The molecule has 0 aliphatic carbocycles. The molecule has 52 valence electrons. The summed E-state index contributed by atoms with van der Waals surface area (Å²) in [5.74, 6) is 0. The molecule has 3 heteroatoms. The Morgan fingerprint density at radius 3 is 2.78 bits per heavy atom. The first kappa shape index (κ1) is 6.87. The van der Waals surface area contributed by atoms with Gasteiger partial charge >= 0.3 is 0 Å². The van der Waals surface area contributed by atoms with Crippen molar-refractivity contribution in [1.29, 1.82) is 0 Å². The fourth-order valence-electron chi connectivity index (χ4n) is 1.03. The van der Waals surface area contributed by atoms with Gasteiger partial charge in [0.25, 0.3) is 0 Å². The maximum atomic E-state index is 5.69. The summed E-state index contributed by atoms with van der Waals surface area (Å²) in [5, 5.41) is 6.73. The first-order chi connectivity index (χ1) is 4.24. The summed E-state index contributed by atoms with van der Waals surface area (Å²) in [6.45, 7) is 2.15. The lowest BCUT2D eigenvalue weighted by molar-refractivity contribution is 0.278. The Labute approximate surface area is 60.5 Å². The summed E-state index contributed by atoms with van der Waals surface area (Å²) in [5.41, 5.74) is 0. The van der Waals surface area contributed by atoms with E-state index in [1.54, 1.807) is 0 Å². The third-order valence-corrected chi connectivity index (χ3v) is 1.90. The zero-order valence-electron chi connectivity index (χ0n) is 5.76. The molecule has 0 aromatic carbocycles. The van der Waals surface area contributed by atoms with Crippen LogP contribution in [0.15, 0.2) is 5.10 Å². The second kappa shape index (κ2) is 2.56. The van der Waals surface area contributed by atoms with Gasteiger partial charge in [-0.3, -0.25) is 5.01 Å². The van der Waals surface area contributed by atoms with Crippen molar-refractivity contribution >= 4 is 16.8 Å². The second-order valence-corrected chi connectivity index (χ2v) is 2.75. The van der Waals surface area contributed by atoms with Crippen molar-refractivity contribution < 1.29 is 0 Å². The number of rotatable bonds is 1. The zero-order chi connectivity index (χ0) is 6.85. The fraction of sp³-hybridized carbons (Fsp3) is 0.833. The van der Waals surface area contributed by atoms with E-state index in [0.29, 0.717) is 6.04 Å². The molecule has 0 radical (unpaired) electrons. The number of nitrogens with zero attached hydrogens (tertiary/aromatic N) is 2. The lowest BCUT2D eigenvalue weighted by atomic mass is 10.2. The van der Waals surface area contributed by atoms with E-state index >= 15 is 0 Å². The lowest BCUT2D eigenvalue weighted by Crippen LogP contribution is -2.20. The number of halogens is 1. The van der Waals surface area contributed by atoms with Crippen LogP contribution >= 0.6 is 11.6 Å². The number of hydrogen-bond donors (Lipinski definition) is 0. The quantitative estimate of drug-likeness (QED) is 0.550. The molecule has 1 heterocycles. The standard InChI is InChI=1S/C6H11ClN2/c1-3-5-4-6(7)8-9(5)2/h5H,3-4H2,1-2H3. The molecule has 9 heavy (non-hydrogen) atoms. The molecule has 1 aliphatic rings. The van der Waals surface area contributed by atoms with Gasteiger partial charge in [0.15, 0.2) is 0 Å². The highest BCUT2D eigenvalue weighted by Gasteiger charge is 2.19. The molecule has 0 fully saturated rings. The predicted octanol–water partition coefficient (Wildman–Crippen LogP) is 1.65. The van der Waals surface area contributed by atoms with E-state index in [-0.39, 0.29) is 0 Å². The topological polar surface area (TPSA) is 15.6 Å². The van der Waals surface area contributed by atoms with E-state index in [1.165, 1.54) is 0 Å². The molecule has 0 N–H and O–H groups in total. The number of hydrazone groups is 1. The molecule has 1 rings (SSSR count). The summed E-state index contributed by atoms with van der Waals surface area (Å²) in [4.78, 5) is 0. The van der Waals surface area contributed by atoms with Gasteiger partial charge in [-0.2, -0.15) is 5.10 Å². The summed E-state index contributed by atoms with van der Waals surface area (Å²) in [6, 6.07) is 0.539. The maximum absolute atomic E-state index is 5.69. The summed E-state index contributed by atoms with van der Waals surface area (Å²) in [6.07, 6.45) is 2.05. The Hall–Kier alpha value is -0.240. The molecule has 1 atom stereocenters. The van der Waals surface area contributed by atoms with Gasteiger partial charge in [-0.05, 0) is 6.42 Å². The highest BCUT2D eigenvalue weighted by Crippen LogP contribution is 2.17. The van der Waals surface area contributed by atoms with Gasteiger partial charge in [-0.15, -0.1) is 0 Å². The highest BCUT2D eigenvalue weighted by molar-refractivity contribution is 6.65. The van der Waals surface area contributed by atoms with Crippen LogP contribution in [0.1, 0.15) is 19.8 Å². The molecule has 0 bridgehead atoms. The van der Waals surface area contributed by atoms with Crippen molar-refractivity contribution in [3.63, 3.8) is 0 Å². The van der Waals surface area contributed by atoms with E-state index < -0.39 is 0 Å². The Balaban J connectivity index is 2.49. The minimum absolute atomic E-state index is 0.539. The van der Waals surface area contributed by atoms with Crippen molar-refractivity contribution in [2.24, 2.45) is 5.10 Å². The van der Waals surface area contributed by atoms with Crippen molar-refractivity contribution in [3.05, 3.63) is 0 Å². The molecule has 0 amide bonds. The Bertz CT molecular complexity index is 133. The van der Waals surface area contributed by atoms with Gasteiger partial charge < -0.3 is 0 Å². The number of hydrogen-bond acceptors (Lipinski definition) is 2. The van der Waals surface area contributed by atoms with Crippen LogP contribution in [0.25, 0.3) is 0 Å². The van der Waals surface area contributed by atoms with Gasteiger partial charge in [0, 0.05) is 13.5 Å². The molecule has 0 saturated heterocycles. The molecule has 0 saturated carbocycles. The van der Waals surface area contributed by atoms with Crippen LogP contribution in [0.5, 0.6) is 0 Å². The minimum atomic E-state index is 0.539. The molecule has 0 aromatic heterocycles. The van der Waals surface area contributed by atoms with Crippen LogP contribution in [0, 0.1) is 0 Å². The Kier molecular flexibility index (Phi) is 1.96. The van der Waals surface area contributed by atoms with Gasteiger partial charge in [0.05, 0.1) is 6.04 Å². The third-order valence-electron chi connectivity index (χ3n) is 1.67. The Morgan fingerprint density at radius 1 is 1.89 bits per heavy atom. The van der Waals surface area contributed by atoms with Gasteiger partial charge in [0.2, 0.25) is 0 Å². The van der Waals surface area contributed by atoms with Crippen LogP contribution in [0.4, 0.5) is 0 Å². The molecule has 1 aliphatic heterocycles. The SMILES string of the molecule is CCC1CC(Cl)=NN1C. The van der Waals surface area contributed by atoms with E-state index in [2.05, 4.69) is 12.0 Å². The van der Waals surface area contributed by atoms with Crippen molar-refractivity contribution in [3.8, 4) is 0 Å². The molecule has 0 aromatic rings. The fourth-order valence-corrected chi connectivity index (χ4v) is 1.33. The van der Waals surface area contributed by atoms with E-state index in [1.807, 2.05) is 12.1 Å². The first-order valence-electron chi connectivity index (χ1n) is 3.20. The zero-order valence-corrected chi connectivity index (χ0v) is 6.52. The van der Waals surface area contributed by atoms with Crippen molar-refractivity contribution in [2.75, 3.05) is 7.05 Å². The van der Waals surface area contributed by atoms with Crippen LogP contribution in [-0.2, 0) is 0 Å². The lowest BCUT2D eigenvalue weighted by Gasteiger charge is -2.15. The molecular weight excluding hydrogens is 136 g/mol. The maximum Gasteiger partial charge on any atom is 0.128 e. The van der Waals surface area contributed by atoms with Crippen molar-refractivity contribution in [2.45, 2.75) is 25.8 Å². The highest BCUT2D eigenvalue weighted by atomic mass is 35.5. The van der Waals surface area contributed by atoms with Gasteiger partial charge in [-0.25, -0.2) is 0 Å².